The molecule has 0 aliphatic rings. The van der Waals surface area contributed by atoms with E-state index >= 15 is 0 Å². The lowest BCUT2D eigenvalue weighted by Gasteiger charge is -2.14. The Balaban J connectivity index is 1.85. The lowest BCUT2D eigenvalue weighted by atomic mass is 10.2. The average molecular weight is 356 g/mol. The Labute approximate surface area is 158 Å². The van der Waals surface area contributed by atoms with Crippen LogP contribution in [0, 0.1) is 0 Å². The van der Waals surface area contributed by atoms with Gasteiger partial charge in [-0.15, -0.1) is 0 Å². The summed E-state index contributed by atoms with van der Waals surface area (Å²) >= 11 is 0. The molecule has 0 radical (unpaired) electrons. The molecule has 0 fully saturated rings. The van der Waals surface area contributed by atoms with Gasteiger partial charge in [-0.25, -0.2) is 0 Å². The van der Waals surface area contributed by atoms with E-state index in [9.17, 15) is 0 Å². The molecule has 0 saturated heterocycles. The van der Waals surface area contributed by atoms with Crippen molar-refractivity contribution >= 4 is 5.69 Å². The molecule has 26 heavy (non-hydrogen) atoms. The van der Waals surface area contributed by atoms with E-state index in [1.807, 2.05) is 18.2 Å². The van der Waals surface area contributed by atoms with Gasteiger partial charge in [-0.2, -0.15) is 0 Å². The van der Waals surface area contributed by atoms with Crippen molar-refractivity contribution in [2.45, 2.75) is 65.5 Å². The SMILES string of the molecule is CCCCCCOc1ccccc1CNc1ccc(OC(C)CC)cc1. The van der Waals surface area contributed by atoms with Crippen molar-refractivity contribution in [1.82, 2.24) is 0 Å². The molecule has 2 aromatic rings. The highest BCUT2D eigenvalue weighted by Gasteiger charge is 2.04. The monoisotopic (exact) mass is 355 g/mol. The second-order valence-corrected chi connectivity index (χ2v) is 6.73. The van der Waals surface area contributed by atoms with Gasteiger partial charge in [0.25, 0.3) is 0 Å². The van der Waals surface area contributed by atoms with Crippen LogP contribution in [0.5, 0.6) is 11.5 Å². The topological polar surface area (TPSA) is 30.5 Å². The number of rotatable bonds is 12. The lowest BCUT2D eigenvalue weighted by molar-refractivity contribution is 0.217. The molecule has 0 bridgehead atoms. The van der Waals surface area contributed by atoms with Crippen molar-refractivity contribution in [2.75, 3.05) is 11.9 Å². The third-order valence-corrected chi connectivity index (χ3v) is 4.48. The Morgan fingerprint density at radius 1 is 0.923 bits per heavy atom. The summed E-state index contributed by atoms with van der Waals surface area (Å²) in [6.07, 6.45) is 6.14. The van der Waals surface area contributed by atoms with Crippen molar-refractivity contribution in [2.24, 2.45) is 0 Å². The Bertz CT molecular complexity index is 624. The first-order valence-corrected chi connectivity index (χ1v) is 9.94. The molecular formula is C23H33NO2. The van der Waals surface area contributed by atoms with E-state index in [1.165, 1.54) is 24.8 Å². The first kappa shape index (κ1) is 20.2. The number of anilines is 1. The van der Waals surface area contributed by atoms with Crippen LogP contribution in [0.25, 0.3) is 0 Å². The molecule has 0 spiro atoms. The third-order valence-electron chi connectivity index (χ3n) is 4.48. The fourth-order valence-electron chi connectivity index (χ4n) is 2.67. The molecule has 0 aliphatic heterocycles. The van der Waals surface area contributed by atoms with Crippen LogP contribution in [-0.4, -0.2) is 12.7 Å². The summed E-state index contributed by atoms with van der Waals surface area (Å²) in [5, 5.41) is 3.47. The zero-order valence-corrected chi connectivity index (χ0v) is 16.5. The number of unbranched alkanes of at least 4 members (excludes halogenated alkanes) is 3. The summed E-state index contributed by atoms with van der Waals surface area (Å²) in [6, 6.07) is 16.4. The van der Waals surface area contributed by atoms with Gasteiger partial charge >= 0.3 is 0 Å². The summed E-state index contributed by atoms with van der Waals surface area (Å²) in [5.74, 6) is 1.90. The van der Waals surface area contributed by atoms with E-state index < -0.39 is 0 Å². The predicted octanol–water partition coefficient (Wildman–Crippen LogP) is 6.44. The molecule has 142 valence electrons. The molecule has 0 aliphatic carbocycles. The van der Waals surface area contributed by atoms with Crippen LogP contribution < -0.4 is 14.8 Å². The minimum Gasteiger partial charge on any atom is -0.493 e. The first-order valence-electron chi connectivity index (χ1n) is 9.94. The summed E-state index contributed by atoms with van der Waals surface area (Å²) < 4.78 is 11.8. The first-order chi connectivity index (χ1) is 12.7. The Hall–Kier alpha value is -2.16. The molecule has 0 saturated carbocycles. The molecule has 0 amide bonds. The summed E-state index contributed by atoms with van der Waals surface area (Å²) in [6.45, 7) is 7.98. The highest BCUT2D eigenvalue weighted by molar-refractivity contribution is 5.48. The van der Waals surface area contributed by atoms with E-state index in [0.717, 1.165) is 43.2 Å². The molecule has 3 heteroatoms. The zero-order valence-electron chi connectivity index (χ0n) is 16.5. The van der Waals surface area contributed by atoms with Crippen LogP contribution >= 0.6 is 0 Å². The molecule has 1 unspecified atom stereocenters. The predicted molar refractivity (Wildman–Crippen MR) is 110 cm³/mol. The van der Waals surface area contributed by atoms with E-state index in [-0.39, 0.29) is 6.10 Å². The van der Waals surface area contributed by atoms with Crippen molar-refractivity contribution < 1.29 is 9.47 Å². The second kappa shape index (κ2) is 11.5. The molecule has 3 nitrogen and oxygen atoms in total. The number of benzene rings is 2. The van der Waals surface area contributed by atoms with Crippen LogP contribution in [0.1, 0.15) is 58.4 Å². The maximum Gasteiger partial charge on any atom is 0.124 e. The third kappa shape index (κ3) is 6.99. The quantitative estimate of drug-likeness (QED) is 0.445. The van der Waals surface area contributed by atoms with Gasteiger partial charge in [0.05, 0.1) is 12.7 Å². The zero-order chi connectivity index (χ0) is 18.6. The number of para-hydroxylation sites is 1. The highest BCUT2D eigenvalue weighted by Crippen LogP contribution is 2.22. The number of nitrogens with one attached hydrogen (secondary N) is 1. The van der Waals surface area contributed by atoms with Crippen molar-refractivity contribution in [3.8, 4) is 11.5 Å². The van der Waals surface area contributed by atoms with Gasteiger partial charge in [0.15, 0.2) is 0 Å². The second-order valence-electron chi connectivity index (χ2n) is 6.73. The van der Waals surface area contributed by atoms with E-state index in [4.69, 9.17) is 9.47 Å². The van der Waals surface area contributed by atoms with Gasteiger partial charge in [-0.05, 0) is 50.1 Å². The van der Waals surface area contributed by atoms with Gasteiger partial charge in [0.2, 0.25) is 0 Å². The lowest BCUT2D eigenvalue weighted by Crippen LogP contribution is -2.09. The van der Waals surface area contributed by atoms with Gasteiger partial charge in [0.1, 0.15) is 11.5 Å². The standard InChI is InChI=1S/C23H33NO2/c1-4-6-7-10-17-25-23-12-9-8-11-20(23)18-24-21-13-15-22(16-14-21)26-19(3)5-2/h8-9,11-16,19,24H,4-7,10,17-18H2,1-3H3. The number of hydrogen-bond donors (Lipinski definition) is 1. The molecule has 0 heterocycles. The van der Waals surface area contributed by atoms with Crippen molar-refractivity contribution in [3.63, 3.8) is 0 Å². The minimum absolute atomic E-state index is 0.246. The molecule has 2 aromatic carbocycles. The van der Waals surface area contributed by atoms with Gasteiger partial charge in [0, 0.05) is 17.8 Å². The van der Waals surface area contributed by atoms with E-state index in [2.05, 4.69) is 56.4 Å². The van der Waals surface area contributed by atoms with Gasteiger partial charge in [-0.3, -0.25) is 0 Å². The number of ether oxygens (including phenoxy) is 2. The Kier molecular flexibility index (Phi) is 8.88. The molecule has 1 N–H and O–H groups in total. The smallest absolute Gasteiger partial charge is 0.124 e. The van der Waals surface area contributed by atoms with Crippen LogP contribution in [0.2, 0.25) is 0 Å². The average Bonchev–Trinajstić information content (AvgIpc) is 2.68. The molecule has 1 atom stereocenters. The van der Waals surface area contributed by atoms with E-state index in [1.54, 1.807) is 0 Å². The van der Waals surface area contributed by atoms with Crippen molar-refractivity contribution in [3.05, 3.63) is 54.1 Å². The Morgan fingerprint density at radius 2 is 1.69 bits per heavy atom. The van der Waals surface area contributed by atoms with Gasteiger partial charge in [-0.1, -0.05) is 51.3 Å². The summed E-state index contributed by atoms with van der Waals surface area (Å²) in [5.41, 5.74) is 2.27. The maximum atomic E-state index is 5.99. The van der Waals surface area contributed by atoms with E-state index in [0.29, 0.717) is 0 Å². The van der Waals surface area contributed by atoms with Crippen LogP contribution in [-0.2, 0) is 6.54 Å². The van der Waals surface area contributed by atoms with Crippen molar-refractivity contribution in [1.29, 1.82) is 0 Å². The molecular weight excluding hydrogens is 322 g/mol. The maximum absolute atomic E-state index is 5.99. The van der Waals surface area contributed by atoms with Gasteiger partial charge < -0.3 is 14.8 Å². The Morgan fingerprint density at radius 3 is 2.42 bits per heavy atom. The van der Waals surface area contributed by atoms with Crippen LogP contribution in [0.3, 0.4) is 0 Å². The fraction of sp³-hybridized carbons (Fsp3) is 0.478. The molecule has 2 rings (SSSR count). The summed E-state index contributed by atoms with van der Waals surface area (Å²) in [7, 11) is 0. The fourth-order valence-corrected chi connectivity index (χ4v) is 2.67. The number of hydrogen-bond acceptors (Lipinski definition) is 3. The highest BCUT2D eigenvalue weighted by atomic mass is 16.5. The van der Waals surface area contributed by atoms with Crippen LogP contribution in [0.15, 0.2) is 48.5 Å². The largest absolute Gasteiger partial charge is 0.493 e. The minimum atomic E-state index is 0.246. The molecule has 0 aromatic heterocycles. The summed E-state index contributed by atoms with van der Waals surface area (Å²) in [4.78, 5) is 0. The van der Waals surface area contributed by atoms with Crippen LogP contribution in [0.4, 0.5) is 5.69 Å². The normalized spacial score (nSPS) is 11.8.